The molecule has 0 aliphatic rings. The molecule has 0 unspecified atom stereocenters. The number of hydrogen-bond acceptors (Lipinski definition) is 0. The Morgan fingerprint density at radius 1 is 0.714 bits per heavy atom. The van der Waals surface area contributed by atoms with Crippen LogP contribution >= 0.6 is 15.9 Å². The topological polar surface area (TPSA) is 0 Å². The molecule has 0 rings (SSSR count). The summed E-state index contributed by atoms with van der Waals surface area (Å²) in [6.45, 7) is 1.32. The van der Waals surface area contributed by atoms with Crippen molar-refractivity contribution in [3.05, 3.63) is 0 Å². The van der Waals surface area contributed by atoms with Crippen LogP contribution in [0.3, 0.4) is 0 Å². The zero-order valence-electron chi connectivity index (χ0n) is 10.2. The molecule has 2 heteroatoms. The van der Waals surface area contributed by atoms with Gasteiger partial charge in [0, 0.05) is 5.33 Å². The van der Waals surface area contributed by atoms with Crippen LogP contribution in [0, 0.1) is 0 Å². The Kier molecular flexibility index (Phi) is 9.00. The SMILES string of the molecule is C[N+](C)(C)CCCCCCCCCBr. The van der Waals surface area contributed by atoms with Gasteiger partial charge in [0.2, 0.25) is 0 Å². The Morgan fingerprint density at radius 2 is 1.14 bits per heavy atom. The van der Waals surface area contributed by atoms with Crippen LogP contribution in [0.5, 0.6) is 0 Å². The largest absolute Gasteiger partial charge is 0.331 e. The Hall–Kier alpha value is 0.440. The second kappa shape index (κ2) is 8.72. The molecule has 0 aromatic heterocycles. The molecule has 0 spiro atoms. The fraction of sp³-hybridized carbons (Fsp3) is 1.00. The predicted octanol–water partition coefficient (Wildman–Crippen LogP) is 3.82. The van der Waals surface area contributed by atoms with Gasteiger partial charge in [-0.1, -0.05) is 41.6 Å². The molecule has 0 bridgehead atoms. The van der Waals surface area contributed by atoms with E-state index in [0.717, 1.165) is 4.48 Å². The first-order valence-electron chi connectivity index (χ1n) is 5.93. The average Bonchev–Trinajstić information content (AvgIpc) is 2.08. The maximum absolute atomic E-state index is 3.46. The van der Waals surface area contributed by atoms with Gasteiger partial charge in [-0.05, 0) is 19.3 Å². The van der Waals surface area contributed by atoms with Crippen LogP contribution in [0.1, 0.15) is 44.9 Å². The van der Waals surface area contributed by atoms with E-state index in [9.17, 15) is 0 Å². The van der Waals surface area contributed by atoms with Gasteiger partial charge in [0.25, 0.3) is 0 Å². The van der Waals surface area contributed by atoms with Crippen LogP contribution in [-0.2, 0) is 0 Å². The Bertz CT molecular complexity index is 118. The molecular formula is C12H27BrN+. The summed E-state index contributed by atoms with van der Waals surface area (Å²) in [5.41, 5.74) is 0. The number of rotatable bonds is 9. The number of alkyl halides is 1. The molecular weight excluding hydrogens is 238 g/mol. The molecule has 0 atom stereocenters. The summed E-state index contributed by atoms with van der Waals surface area (Å²) >= 11 is 3.46. The average molecular weight is 265 g/mol. The van der Waals surface area contributed by atoms with Crippen molar-refractivity contribution in [2.24, 2.45) is 0 Å². The molecule has 0 heterocycles. The Balaban J connectivity index is 2.99. The van der Waals surface area contributed by atoms with Crippen molar-refractivity contribution in [2.45, 2.75) is 44.9 Å². The lowest BCUT2D eigenvalue weighted by atomic mass is 10.1. The quantitative estimate of drug-likeness (QED) is 0.338. The molecule has 0 amide bonds. The summed E-state index contributed by atoms with van der Waals surface area (Å²) in [5, 5.41) is 1.18. The third-order valence-corrected chi connectivity index (χ3v) is 3.02. The molecule has 0 aliphatic carbocycles. The summed E-state index contributed by atoms with van der Waals surface area (Å²) in [6.07, 6.45) is 9.85. The van der Waals surface area contributed by atoms with E-state index in [2.05, 4.69) is 37.1 Å². The van der Waals surface area contributed by atoms with Crippen LogP contribution in [0.4, 0.5) is 0 Å². The van der Waals surface area contributed by atoms with Crippen molar-refractivity contribution in [3.63, 3.8) is 0 Å². The second-order valence-electron chi connectivity index (χ2n) is 5.18. The van der Waals surface area contributed by atoms with Crippen LogP contribution < -0.4 is 0 Å². The zero-order valence-corrected chi connectivity index (χ0v) is 11.8. The molecule has 0 radical (unpaired) electrons. The summed E-state index contributed by atoms with van der Waals surface area (Å²) in [5.74, 6) is 0. The van der Waals surface area contributed by atoms with Gasteiger partial charge in [-0.25, -0.2) is 0 Å². The van der Waals surface area contributed by atoms with Gasteiger partial charge in [-0.3, -0.25) is 0 Å². The fourth-order valence-electron chi connectivity index (χ4n) is 1.56. The highest BCUT2D eigenvalue weighted by molar-refractivity contribution is 9.09. The third kappa shape index (κ3) is 12.4. The van der Waals surface area contributed by atoms with Crippen molar-refractivity contribution < 1.29 is 4.48 Å². The van der Waals surface area contributed by atoms with Crippen LogP contribution in [-0.4, -0.2) is 37.5 Å². The first-order chi connectivity index (χ1) is 6.56. The number of unbranched alkanes of at least 4 members (excludes halogenated alkanes) is 6. The standard InChI is InChI=1S/C12H27BrN/c1-14(2,3)12-10-8-6-4-5-7-9-11-13/h4-12H2,1-3H3/q+1. The van der Waals surface area contributed by atoms with E-state index in [-0.39, 0.29) is 0 Å². The second-order valence-corrected chi connectivity index (χ2v) is 5.97. The van der Waals surface area contributed by atoms with Gasteiger partial charge in [0.15, 0.2) is 0 Å². The highest BCUT2D eigenvalue weighted by Crippen LogP contribution is 2.08. The van der Waals surface area contributed by atoms with Crippen molar-refractivity contribution in [1.82, 2.24) is 0 Å². The zero-order chi connectivity index (χ0) is 10.9. The van der Waals surface area contributed by atoms with Gasteiger partial charge in [0.1, 0.15) is 0 Å². The smallest absolute Gasteiger partial charge is 0.0780 e. The van der Waals surface area contributed by atoms with Crippen LogP contribution in [0.15, 0.2) is 0 Å². The summed E-state index contributed by atoms with van der Waals surface area (Å²) in [6, 6.07) is 0. The molecule has 14 heavy (non-hydrogen) atoms. The normalized spacial score (nSPS) is 12.0. The lowest BCUT2D eigenvalue weighted by Gasteiger charge is -2.23. The highest BCUT2D eigenvalue weighted by Gasteiger charge is 2.04. The number of hydrogen-bond donors (Lipinski definition) is 0. The predicted molar refractivity (Wildman–Crippen MR) is 69.0 cm³/mol. The van der Waals surface area contributed by atoms with Gasteiger partial charge in [-0.2, -0.15) is 0 Å². The monoisotopic (exact) mass is 264 g/mol. The molecule has 0 N–H and O–H groups in total. The summed E-state index contributed by atoms with van der Waals surface area (Å²) in [7, 11) is 6.82. The molecule has 0 aliphatic heterocycles. The molecule has 0 saturated heterocycles. The minimum atomic E-state index is 1.11. The van der Waals surface area contributed by atoms with Gasteiger partial charge in [-0.15, -0.1) is 0 Å². The fourth-order valence-corrected chi connectivity index (χ4v) is 1.96. The molecule has 0 aromatic carbocycles. The van der Waals surface area contributed by atoms with Gasteiger partial charge in [0.05, 0.1) is 27.7 Å². The number of quaternary nitrogens is 1. The molecule has 0 fully saturated rings. The van der Waals surface area contributed by atoms with E-state index >= 15 is 0 Å². The first kappa shape index (κ1) is 14.4. The van der Waals surface area contributed by atoms with E-state index < -0.39 is 0 Å². The number of halogens is 1. The van der Waals surface area contributed by atoms with Crippen LogP contribution in [0.25, 0.3) is 0 Å². The van der Waals surface area contributed by atoms with E-state index in [4.69, 9.17) is 0 Å². The van der Waals surface area contributed by atoms with Crippen molar-refractivity contribution in [2.75, 3.05) is 33.0 Å². The van der Waals surface area contributed by atoms with Gasteiger partial charge >= 0.3 is 0 Å². The first-order valence-corrected chi connectivity index (χ1v) is 7.05. The van der Waals surface area contributed by atoms with E-state index in [1.54, 1.807) is 0 Å². The highest BCUT2D eigenvalue weighted by atomic mass is 79.9. The molecule has 86 valence electrons. The summed E-state index contributed by atoms with van der Waals surface area (Å²) in [4.78, 5) is 0. The van der Waals surface area contributed by atoms with Crippen molar-refractivity contribution in [3.8, 4) is 0 Å². The lowest BCUT2D eigenvalue weighted by Crippen LogP contribution is -2.35. The molecule has 1 nitrogen and oxygen atoms in total. The minimum Gasteiger partial charge on any atom is -0.331 e. The van der Waals surface area contributed by atoms with E-state index in [1.807, 2.05) is 0 Å². The lowest BCUT2D eigenvalue weighted by molar-refractivity contribution is -0.870. The Morgan fingerprint density at radius 3 is 1.57 bits per heavy atom. The van der Waals surface area contributed by atoms with Crippen LogP contribution in [0.2, 0.25) is 0 Å². The van der Waals surface area contributed by atoms with Crippen molar-refractivity contribution in [1.29, 1.82) is 0 Å². The minimum absolute atomic E-state index is 1.11. The van der Waals surface area contributed by atoms with Gasteiger partial charge < -0.3 is 4.48 Å². The summed E-state index contributed by atoms with van der Waals surface area (Å²) < 4.78 is 1.11. The Labute approximate surface area is 98.6 Å². The van der Waals surface area contributed by atoms with Crippen molar-refractivity contribution >= 4 is 15.9 Å². The van der Waals surface area contributed by atoms with E-state index in [0.29, 0.717) is 0 Å². The molecule has 0 saturated carbocycles. The van der Waals surface area contributed by atoms with E-state index in [1.165, 1.54) is 56.8 Å². The third-order valence-electron chi connectivity index (χ3n) is 2.46. The maximum Gasteiger partial charge on any atom is 0.0780 e. The maximum atomic E-state index is 3.46. The number of nitrogens with zero attached hydrogens (tertiary/aromatic N) is 1. The molecule has 0 aromatic rings.